The number of furan rings is 1. The molecule has 1 unspecified atom stereocenters. The number of amides is 1. The Kier molecular flexibility index (Phi) is 4.17. The van der Waals surface area contributed by atoms with Crippen molar-refractivity contribution < 1.29 is 9.21 Å². The van der Waals surface area contributed by atoms with Crippen LogP contribution in [-0.4, -0.2) is 22.3 Å². The van der Waals surface area contributed by atoms with E-state index in [2.05, 4.69) is 4.98 Å². The molecule has 1 atom stereocenters. The minimum atomic E-state index is -0.173. The summed E-state index contributed by atoms with van der Waals surface area (Å²) in [5.74, 6) is 0.688. The van der Waals surface area contributed by atoms with Gasteiger partial charge in [-0.2, -0.15) is 0 Å². The second kappa shape index (κ2) is 6.64. The SMILES string of the molecule is CCN(C(=O)c1ccc2ccccc2n1)C(C)c1cc2ccccc2o1. The van der Waals surface area contributed by atoms with Crippen molar-refractivity contribution >= 4 is 27.8 Å². The van der Waals surface area contributed by atoms with Gasteiger partial charge in [0.15, 0.2) is 0 Å². The lowest BCUT2D eigenvalue weighted by Gasteiger charge is -2.26. The van der Waals surface area contributed by atoms with Crippen molar-refractivity contribution in [3.8, 4) is 0 Å². The first-order valence-electron chi connectivity index (χ1n) is 8.82. The third-order valence-corrected chi connectivity index (χ3v) is 4.74. The van der Waals surface area contributed by atoms with E-state index in [9.17, 15) is 4.79 Å². The number of carbonyl (C=O) groups is 1. The largest absolute Gasteiger partial charge is 0.459 e. The van der Waals surface area contributed by atoms with Crippen molar-refractivity contribution in [2.75, 3.05) is 6.54 Å². The van der Waals surface area contributed by atoms with E-state index in [-0.39, 0.29) is 11.9 Å². The summed E-state index contributed by atoms with van der Waals surface area (Å²) in [5.41, 5.74) is 2.11. The molecule has 0 aliphatic heterocycles. The molecule has 0 radical (unpaired) electrons. The molecular formula is C22H20N2O2. The van der Waals surface area contributed by atoms with Crippen LogP contribution >= 0.6 is 0 Å². The predicted octanol–water partition coefficient (Wildman–Crippen LogP) is 5.20. The quantitative estimate of drug-likeness (QED) is 0.511. The molecule has 26 heavy (non-hydrogen) atoms. The molecule has 0 saturated heterocycles. The van der Waals surface area contributed by atoms with E-state index in [0.29, 0.717) is 12.2 Å². The van der Waals surface area contributed by atoms with Crippen molar-refractivity contribution in [3.05, 3.63) is 78.2 Å². The lowest BCUT2D eigenvalue weighted by atomic mass is 10.1. The highest BCUT2D eigenvalue weighted by atomic mass is 16.3. The summed E-state index contributed by atoms with van der Waals surface area (Å²) < 4.78 is 5.95. The summed E-state index contributed by atoms with van der Waals surface area (Å²) in [4.78, 5) is 19.4. The first-order chi connectivity index (χ1) is 12.7. The Morgan fingerprint density at radius 1 is 1.04 bits per heavy atom. The summed E-state index contributed by atoms with van der Waals surface area (Å²) in [6.07, 6.45) is 0. The normalized spacial score (nSPS) is 12.4. The number of benzene rings is 2. The number of hydrogen-bond acceptors (Lipinski definition) is 3. The molecule has 4 nitrogen and oxygen atoms in total. The highest BCUT2D eigenvalue weighted by Crippen LogP contribution is 2.28. The maximum atomic E-state index is 13.1. The number of aromatic nitrogens is 1. The molecule has 4 aromatic rings. The number of pyridine rings is 1. The molecule has 0 spiro atoms. The minimum Gasteiger partial charge on any atom is -0.459 e. The van der Waals surface area contributed by atoms with Gasteiger partial charge < -0.3 is 9.32 Å². The maximum absolute atomic E-state index is 13.1. The van der Waals surface area contributed by atoms with E-state index in [1.807, 2.05) is 74.5 Å². The van der Waals surface area contributed by atoms with Crippen LogP contribution in [0.15, 0.2) is 71.1 Å². The first-order valence-corrected chi connectivity index (χ1v) is 8.82. The Morgan fingerprint density at radius 2 is 1.77 bits per heavy atom. The molecule has 4 heteroatoms. The second-order valence-corrected chi connectivity index (χ2v) is 6.34. The zero-order valence-corrected chi connectivity index (χ0v) is 14.8. The molecular weight excluding hydrogens is 324 g/mol. The predicted molar refractivity (Wildman–Crippen MR) is 103 cm³/mol. The molecule has 130 valence electrons. The Labute approximate surface area is 152 Å². The molecule has 0 aliphatic rings. The number of rotatable bonds is 4. The second-order valence-electron chi connectivity index (χ2n) is 6.34. The zero-order chi connectivity index (χ0) is 18.1. The average molecular weight is 344 g/mol. The summed E-state index contributed by atoms with van der Waals surface area (Å²) in [6.45, 7) is 4.53. The van der Waals surface area contributed by atoms with Crippen LogP contribution in [0.5, 0.6) is 0 Å². The zero-order valence-electron chi connectivity index (χ0n) is 14.8. The lowest BCUT2D eigenvalue weighted by Crippen LogP contribution is -2.33. The van der Waals surface area contributed by atoms with Crippen LogP contribution in [0.1, 0.15) is 36.1 Å². The van der Waals surface area contributed by atoms with E-state index in [0.717, 1.165) is 27.6 Å². The number of para-hydroxylation sites is 2. The van der Waals surface area contributed by atoms with Crippen LogP contribution in [0.2, 0.25) is 0 Å². The van der Waals surface area contributed by atoms with Gasteiger partial charge in [-0.25, -0.2) is 4.98 Å². The summed E-state index contributed by atoms with van der Waals surface area (Å²) in [6, 6.07) is 21.2. The fraction of sp³-hybridized carbons (Fsp3) is 0.182. The van der Waals surface area contributed by atoms with E-state index in [4.69, 9.17) is 4.42 Å². The lowest BCUT2D eigenvalue weighted by molar-refractivity contribution is 0.0679. The van der Waals surface area contributed by atoms with Gasteiger partial charge in [0.05, 0.1) is 11.6 Å². The van der Waals surface area contributed by atoms with Crippen LogP contribution in [0.25, 0.3) is 21.9 Å². The van der Waals surface area contributed by atoms with Crippen molar-refractivity contribution in [3.63, 3.8) is 0 Å². The van der Waals surface area contributed by atoms with Crippen LogP contribution in [-0.2, 0) is 0 Å². The Hall–Kier alpha value is -3.14. The summed E-state index contributed by atoms with van der Waals surface area (Å²) >= 11 is 0. The molecule has 2 heterocycles. The average Bonchev–Trinajstić information content (AvgIpc) is 3.12. The van der Waals surface area contributed by atoms with Gasteiger partial charge in [-0.05, 0) is 38.1 Å². The third-order valence-electron chi connectivity index (χ3n) is 4.74. The van der Waals surface area contributed by atoms with Gasteiger partial charge in [-0.15, -0.1) is 0 Å². The van der Waals surface area contributed by atoms with Crippen molar-refractivity contribution in [1.29, 1.82) is 0 Å². The number of carbonyl (C=O) groups excluding carboxylic acids is 1. The third kappa shape index (κ3) is 2.84. The molecule has 2 aromatic carbocycles. The van der Waals surface area contributed by atoms with Crippen LogP contribution < -0.4 is 0 Å². The smallest absolute Gasteiger partial charge is 0.273 e. The fourth-order valence-corrected chi connectivity index (χ4v) is 3.29. The van der Waals surface area contributed by atoms with Gasteiger partial charge in [-0.1, -0.05) is 42.5 Å². The monoisotopic (exact) mass is 344 g/mol. The van der Waals surface area contributed by atoms with Gasteiger partial charge in [0.25, 0.3) is 5.91 Å². The molecule has 0 aliphatic carbocycles. The van der Waals surface area contributed by atoms with Gasteiger partial charge in [0, 0.05) is 17.3 Å². The number of fused-ring (bicyclic) bond motifs is 2. The van der Waals surface area contributed by atoms with E-state index in [1.165, 1.54) is 0 Å². The summed E-state index contributed by atoms with van der Waals surface area (Å²) in [5, 5.41) is 2.07. The molecule has 0 saturated carbocycles. The van der Waals surface area contributed by atoms with E-state index >= 15 is 0 Å². The molecule has 0 fully saturated rings. The first kappa shape index (κ1) is 16.3. The van der Waals surface area contributed by atoms with Crippen LogP contribution in [0, 0.1) is 0 Å². The Balaban J connectivity index is 1.67. The van der Waals surface area contributed by atoms with E-state index in [1.54, 1.807) is 11.0 Å². The van der Waals surface area contributed by atoms with Crippen molar-refractivity contribution in [1.82, 2.24) is 9.88 Å². The molecule has 1 amide bonds. The molecule has 0 bridgehead atoms. The topological polar surface area (TPSA) is 46.3 Å². The fourth-order valence-electron chi connectivity index (χ4n) is 3.29. The standard InChI is InChI=1S/C22H20N2O2/c1-3-24(15(2)21-14-17-9-5-7-11-20(17)26-21)22(25)19-13-12-16-8-4-6-10-18(16)23-19/h4-15H,3H2,1-2H3. The Bertz CT molecular complexity index is 1050. The van der Waals surface area contributed by atoms with Gasteiger partial charge in [-0.3, -0.25) is 4.79 Å². The van der Waals surface area contributed by atoms with Crippen LogP contribution in [0.4, 0.5) is 0 Å². The maximum Gasteiger partial charge on any atom is 0.273 e. The number of nitrogens with zero attached hydrogens (tertiary/aromatic N) is 2. The van der Waals surface area contributed by atoms with Crippen molar-refractivity contribution in [2.45, 2.75) is 19.9 Å². The number of hydrogen-bond donors (Lipinski definition) is 0. The van der Waals surface area contributed by atoms with Gasteiger partial charge in [0.2, 0.25) is 0 Å². The molecule has 4 rings (SSSR count). The summed E-state index contributed by atoms with van der Waals surface area (Å²) in [7, 11) is 0. The molecule has 2 aromatic heterocycles. The van der Waals surface area contributed by atoms with Crippen LogP contribution in [0.3, 0.4) is 0 Å². The minimum absolute atomic E-state index is 0.0915. The van der Waals surface area contributed by atoms with E-state index < -0.39 is 0 Å². The highest BCUT2D eigenvalue weighted by Gasteiger charge is 2.25. The Morgan fingerprint density at radius 3 is 2.54 bits per heavy atom. The highest BCUT2D eigenvalue weighted by molar-refractivity contribution is 5.95. The molecule has 0 N–H and O–H groups in total. The van der Waals surface area contributed by atoms with Crippen molar-refractivity contribution in [2.24, 2.45) is 0 Å². The van der Waals surface area contributed by atoms with Gasteiger partial charge >= 0.3 is 0 Å². The van der Waals surface area contributed by atoms with Gasteiger partial charge in [0.1, 0.15) is 17.0 Å².